The van der Waals surface area contributed by atoms with Gasteiger partial charge in [0.1, 0.15) is 30.2 Å². The molecular weight excluding hydrogens is 601 g/mol. The minimum Gasteiger partial charge on any atom is -0.497 e. The number of benzene rings is 1. The zero-order valence-electron chi connectivity index (χ0n) is 23.7. The zero-order chi connectivity index (χ0) is 32.8. The van der Waals surface area contributed by atoms with Gasteiger partial charge in [0, 0.05) is 38.3 Å². The van der Waals surface area contributed by atoms with Gasteiger partial charge in [0.15, 0.2) is 12.5 Å². The monoisotopic (exact) mass is 636 g/mol. The molecular formula is C26H35F3N4O11. The molecule has 7 N–H and O–H groups in total. The number of nitrogens with two attached hydrogens (primary N) is 1. The van der Waals surface area contributed by atoms with E-state index in [4.69, 9.17) is 34.6 Å². The van der Waals surface area contributed by atoms with E-state index in [2.05, 4.69) is 4.98 Å². The molecule has 4 rings (SSSR count). The SMILES string of the molecule is COc1ccc(CN(C)C[C@H](O[C@@H]2O[C@H](CN)[C@@H](O)[C@H]2O)[C@@H]2C[C@@H](O)[C@H](n3ccc(=O)[nH]c3=O)O2)cc1.O=C(O)C(F)(F)F. The Hall–Kier alpha value is -3.36. The maximum atomic E-state index is 12.3. The minimum absolute atomic E-state index is 0.00400. The second kappa shape index (κ2) is 15.1. The second-order valence-electron chi connectivity index (χ2n) is 10.2. The Morgan fingerprint density at radius 1 is 1.16 bits per heavy atom. The molecule has 0 unspecified atom stereocenters. The second-order valence-corrected chi connectivity index (χ2v) is 10.2. The molecule has 0 aliphatic carbocycles. The molecule has 2 aliphatic rings. The van der Waals surface area contributed by atoms with Gasteiger partial charge in [-0.05, 0) is 24.7 Å². The number of hydrogen-bond acceptors (Lipinski definition) is 12. The van der Waals surface area contributed by atoms with Crippen LogP contribution in [-0.4, -0.2) is 117 Å². The van der Waals surface area contributed by atoms with Crippen molar-refractivity contribution in [1.29, 1.82) is 0 Å². The predicted molar refractivity (Wildman–Crippen MR) is 143 cm³/mol. The van der Waals surface area contributed by atoms with Crippen molar-refractivity contribution in [2.75, 3.05) is 27.2 Å². The highest BCUT2D eigenvalue weighted by Gasteiger charge is 2.47. The van der Waals surface area contributed by atoms with Crippen molar-refractivity contribution in [1.82, 2.24) is 14.5 Å². The van der Waals surface area contributed by atoms with Crippen molar-refractivity contribution in [3.05, 3.63) is 62.9 Å². The fraction of sp³-hybridized carbons (Fsp3) is 0.577. The van der Waals surface area contributed by atoms with Crippen molar-refractivity contribution in [2.45, 2.75) is 68.3 Å². The van der Waals surface area contributed by atoms with Gasteiger partial charge < -0.3 is 45.1 Å². The van der Waals surface area contributed by atoms with Crippen molar-refractivity contribution in [3.63, 3.8) is 0 Å². The molecule has 15 nitrogen and oxygen atoms in total. The lowest BCUT2D eigenvalue weighted by molar-refractivity contribution is -0.217. The van der Waals surface area contributed by atoms with Crippen molar-refractivity contribution < 1.29 is 57.3 Å². The van der Waals surface area contributed by atoms with Gasteiger partial charge in [-0.3, -0.25) is 19.2 Å². The minimum atomic E-state index is -5.08. The van der Waals surface area contributed by atoms with Gasteiger partial charge in [-0.2, -0.15) is 13.2 Å². The quantitative estimate of drug-likeness (QED) is 0.180. The Balaban J connectivity index is 0.000000676. The first kappa shape index (κ1) is 35.1. The third-order valence-corrected chi connectivity index (χ3v) is 6.86. The number of H-pyrrole nitrogens is 1. The van der Waals surface area contributed by atoms with E-state index in [-0.39, 0.29) is 13.0 Å². The Bertz CT molecular complexity index is 1340. The number of carbonyl (C=O) groups is 1. The van der Waals surface area contributed by atoms with Crippen LogP contribution in [0.3, 0.4) is 0 Å². The first-order valence-electron chi connectivity index (χ1n) is 13.3. The molecule has 0 spiro atoms. The number of carboxylic acids is 1. The number of likely N-dealkylation sites (N-methyl/N-ethyl adjacent to an activating group) is 1. The van der Waals surface area contributed by atoms with Crippen molar-refractivity contribution in [2.24, 2.45) is 5.73 Å². The summed E-state index contributed by atoms with van der Waals surface area (Å²) in [5, 5.41) is 38.5. The maximum Gasteiger partial charge on any atom is 0.490 e. The van der Waals surface area contributed by atoms with Crippen LogP contribution in [0.25, 0.3) is 0 Å². The molecule has 0 bridgehead atoms. The summed E-state index contributed by atoms with van der Waals surface area (Å²) in [7, 11) is 3.47. The summed E-state index contributed by atoms with van der Waals surface area (Å²) in [6, 6.07) is 8.75. The van der Waals surface area contributed by atoms with Crippen LogP contribution in [0.2, 0.25) is 0 Å². The number of aliphatic hydroxyl groups excluding tert-OH is 3. The van der Waals surface area contributed by atoms with E-state index in [0.29, 0.717) is 13.1 Å². The molecule has 1 aromatic carbocycles. The van der Waals surface area contributed by atoms with Crippen LogP contribution in [0.5, 0.6) is 5.75 Å². The van der Waals surface area contributed by atoms with E-state index < -0.39 is 72.5 Å². The number of ether oxygens (including phenoxy) is 4. The van der Waals surface area contributed by atoms with Crippen LogP contribution >= 0.6 is 0 Å². The number of carboxylic acid groups (broad SMARTS) is 1. The van der Waals surface area contributed by atoms with Crippen LogP contribution in [0, 0.1) is 0 Å². The topological polar surface area (TPSA) is 219 Å². The average molecular weight is 637 g/mol. The molecule has 246 valence electrons. The van der Waals surface area contributed by atoms with E-state index >= 15 is 0 Å². The van der Waals surface area contributed by atoms with Crippen molar-refractivity contribution in [3.8, 4) is 5.75 Å². The van der Waals surface area contributed by atoms with Gasteiger partial charge in [0.2, 0.25) is 0 Å². The highest BCUT2D eigenvalue weighted by molar-refractivity contribution is 5.73. The number of alkyl halides is 3. The molecule has 44 heavy (non-hydrogen) atoms. The van der Waals surface area contributed by atoms with Crippen molar-refractivity contribution >= 4 is 5.97 Å². The van der Waals surface area contributed by atoms with Gasteiger partial charge in [0.05, 0.1) is 19.3 Å². The van der Waals surface area contributed by atoms with Crippen LogP contribution in [0.4, 0.5) is 13.2 Å². The van der Waals surface area contributed by atoms with Gasteiger partial charge in [-0.1, -0.05) is 12.1 Å². The highest BCUT2D eigenvalue weighted by Crippen LogP contribution is 2.33. The van der Waals surface area contributed by atoms with E-state index in [1.807, 2.05) is 36.2 Å². The van der Waals surface area contributed by atoms with Crippen LogP contribution in [0.1, 0.15) is 18.2 Å². The smallest absolute Gasteiger partial charge is 0.490 e. The molecule has 1 aromatic heterocycles. The number of halogens is 3. The molecule has 2 aliphatic heterocycles. The van der Waals surface area contributed by atoms with Gasteiger partial charge in [-0.25, -0.2) is 9.59 Å². The number of aliphatic hydroxyl groups is 3. The normalized spacial score (nSPS) is 27.5. The summed E-state index contributed by atoms with van der Waals surface area (Å²) < 4.78 is 55.8. The number of hydrogen-bond donors (Lipinski definition) is 6. The Labute approximate surface area is 248 Å². The van der Waals surface area contributed by atoms with E-state index in [1.165, 1.54) is 12.3 Å². The first-order valence-corrected chi connectivity index (χ1v) is 13.3. The Kier molecular flexibility index (Phi) is 12.0. The number of rotatable bonds is 10. The summed E-state index contributed by atoms with van der Waals surface area (Å²) >= 11 is 0. The fourth-order valence-corrected chi connectivity index (χ4v) is 4.65. The van der Waals surface area contributed by atoms with Crippen LogP contribution in [0.15, 0.2) is 46.1 Å². The molecule has 0 amide bonds. The molecule has 2 saturated heterocycles. The fourth-order valence-electron chi connectivity index (χ4n) is 4.65. The zero-order valence-corrected chi connectivity index (χ0v) is 23.7. The van der Waals surface area contributed by atoms with E-state index in [1.54, 1.807) is 7.11 Å². The summed E-state index contributed by atoms with van der Waals surface area (Å²) in [6.07, 6.45) is -11.8. The summed E-state index contributed by atoms with van der Waals surface area (Å²) in [4.78, 5) is 36.7. The number of methoxy groups -OCH3 is 1. The number of nitrogens with one attached hydrogen (secondary N) is 1. The lowest BCUT2D eigenvalue weighted by Gasteiger charge is -2.31. The third kappa shape index (κ3) is 9.08. The Morgan fingerprint density at radius 3 is 2.32 bits per heavy atom. The maximum absolute atomic E-state index is 12.3. The molecule has 3 heterocycles. The standard InChI is InChI=1S/C24H34N4O9.C2HF3O2/c1-27(11-13-3-5-14(34-2)6-4-13)12-18(37-23-21(32)20(31)17(10-25)36-23)16-9-15(29)22(35-16)28-8-7-19(30)26-24(28)33;3-2(4,5)1(6)7/h3-8,15-18,20-23,29,31-32H,9-12,25H2,1-2H3,(H,26,30,33);(H,6,7)/t15-,16+,17-,18+,20-,21-,22-,23+;/m1./s1. The summed E-state index contributed by atoms with van der Waals surface area (Å²) in [5.41, 5.74) is 5.37. The third-order valence-electron chi connectivity index (χ3n) is 6.86. The summed E-state index contributed by atoms with van der Waals surface area (Å²) in [5.74, 6) is -2.02. The van der Waals surface area contributed by atoms with Gasteiger partial charge in [-0.15, -0.1) is 0 Å². The van der Waals surface area contributed by atoms with Crippen LogP contribution < -0.4 is 21.7 Å². The van der Waals surface area contributed by atoms with E-state index in [9.17, 15) is 38.1 Å². The predicted octanol–water partition coefficient (Wildman–Crippen LogP) is -1.25. The number of aromatic amines is 1. The van der Waals surface area contributed by atoms with Gasteiger partial charge >= 0.3 is 17.8 Å². The average Bonchev–Trinajstić information content (AvgIpc) is 3.47. The molecule has 2 fully saturated rings. The lowest BCUT2D eigenvalue weighted by atomic mass is 10.1. The molecule has 0 saturated carbocycles. The number of aromatic nitrogens is 2. The van der Waals surface area contributed by atoms with E-state index in [0.717, 1.165) is 15.9 Å². The number of nitrogens with zero attached hydrogens (tertiary/aromatic N) is 2. The molecule has 18 heteroatoms. The Morgan fingerprint density at radius 2 is 1.80 bits per heavy atom. The largest absolute Gasteiger partial charge is 0.497 e. The molecule has 8 atom stereocenters. The van der Waals surface area contributed by atoms with Gasteiger partial charge in [0.25, 0.3) is 5.56 Å². The lowest BCUT2D eigenvalue weighted by Crippen LogP contribution is -2.44. The molecule has 0 radical (unpaired) electrons. The number of aliphatic carboxylic acids is 1. The summed E-state index contributed by atoms with van der Waals surface area (Å²) in [6.45, 7) is 0.840. The molecule has 2 aromatic rings. The first-order chi connectivity index (χ1) is 20.6. The highest BCUT2D eigenvalue weighted by atomic mass is 19.4. The van der Waals surface area contributed by atoms with Crippen LogP contribution in [-0.2, 0) is 25.5 Å².